The molecule has 2 heterocycles. The van der Waals surface area contributed by atoms with Crippen molar-refractivity contribution in [1.29, 1.82) is 0 Å². The van der Waals surface area contributed by atoms with Gasteiger partial charge in [0.1, 0.15) is 12.4 Å². The molecule has 1 fully saturated rings. The van der Waals surface area contributed by atoms with Gasteiger partial charge in [0.05, 0.1) is 0 Å². The zero-order chi connectivity index (χ0) is 18.4. The number of aromatic nitrogens is 2. The predicted octanol–water partition coefficient (Wildman–Crippen LogP) is 2.94. The summed E-state index contributed by atoms with van der Waals surface area (Å²) in [6.07, 6.45) is 3.91. The summed E-state index contributed by atoms with van der Waals surface area (Å²) in [4.78, 5) is 11.8. The summed E-state index contributed by atoms with van der Waals surface area (Å²) < 4.78 is 2.20. The normalized spacial score (nSPS) is 21.3. The van der Waals surface area contributed by atoms with Crippen molar-refractivity contribution in [3.05, 3.63) is 18.2 Å². The van der Waals surface area contributed by atoms with Crippen LogP contribution in [0.15, 0.2) is 17.4 Å². The lowest BCUT2D eigenvalue weighted by molar-refractivity contribution is 0.265. The molecule has 2 N–H and O–H groups in total. The second kappa shape index (κ2) is 11.1. The van der Waals surface area contributed by atoms with Crippen molar-refractivity contribution in [2.75, 3.05) is 19.6 Å². The van der Waals surface area contributed by atoms with Gasteiger partial charge in [0.25, 0.3) is 0 Å². The van der Waals surface area contributed by atoms with E-state index in [0.717, 1.165) is 38.0 Å². The van der Waals surface area contributed by atoms with Crippen molar-refractivity contribution in [2.24, 2.45) is 16.8 Å². The number of imidazole rings is 1. The van der Waals surface area contributed by atoms with Gasteiger partial charge < -0.3 is 15.2 Å². The maximum Gasteiger partial charge on any atom is 0.191 e. The third-order valence-electron chi connectivity index (χ3n) is 4.78. The Balaban J connectivity index is 0.00000338. The molecule has 1 aromatic rings. The molecule has 1 aromatic heterocycles. The Kier molecular flexibility index (Phi) is 9.92. The number of nitrogens with zero attached hydrogens (tertiary/aromatic N) is 4. The topological polar surface area (TPSA) is 57.5 Å². The minimum absolute atomic E-state index is 0. The summed E-state index contributed by atoms with van der Waals surface area (Å²) >= 11 is 0. The fourth-order valence-electron chi connectivity index (χ4n) is 3.31. The highest BCUT2D eigenvalue weighted by Gasteiger charge is 2.31. The lowest BCUT2D eigenvalue weighted by atomic mass is 10.1. The number of halogens is 1. The molecule has 7 heteroatoms. The second-order valence-electron chi connectivity index (χ2n) is 7.86. The minimum atomic E-state index is 0. The van der Waals surface area contributed by atoms with Gasteiger partial charge in [0.2, 0.25) is 0 Å². The molecule has 0 aliphatic carbocycles. The molecule has 0 aromatic carbocycles. The van der Waals surface area contributed by atoms with E-state index in [9.17, 15) is 0 Å². The summed E-state index contributed by atoms with van der Waals surface area (Å²) in [7, 11) is 0. The second-order valence-corrected chi connectivity index (χ2v) is 7.86. The van der Waals surface area contributed by atoms with Crippen LogP contribution >= 0.6 is 24.0 Å². The van der Waals surface area contributed by atoms with Gasteiger partial charge in [0.15, 0.2) is 5.96 Å². The Hall–Kier alpha value is -0.830. The van der Waals surface area contributed by atoms with Gasteiger partial charge in [0, 0.05) is 50.7 Å². The molecular formula is C19H37IN6. The van der Waals surface area contributed by atoms with Gasteiger partial charge in [-0.1, -0.05) is 20.8 Å². The highest BCUT2D eigenvalue weighted by Crippen LogP contribution is 2.18. The van der Waals surface area contributed by atoms with Crippen molar-refractivity contribution in [3.63, 3.8) is 0 Å². The number of hydrogen-bond donors (Lipinski definition) is 2. The summed E-state index contributed by atoms with van der Waals surface area (Å²) in [6, 6.07) is 1.04. The third-order valence-corrected chi connectivity index (χ3v) is 4.78. The van der Waals surface area contributed by atoms with Gasteiger partial charge in [-0.15, -0.1) is 24.0 Å². The summed E-state index contributed by atoms with van der Waals surface area (Å²) in [5.74, 6) is 3.14. The fourth-order valence-corrected chi connectivity index (χ4v) is 3.31. The van der Waals surface area contributed by atoms with Crippen LogP contribution in [0.25, 0.3) is 0 Å². The smallest absolute Gasteiger partial charge is 0.191 e. The third kappa shape index (κ3) is 6.72. The number of likely N-dealkylation sites (tertiary alicyclic amines) is 1. The van der Waals surface area contributed by atoms with E-state index in [4.69, 9.17) is 4.99 Å². The molecule has 1 saturated heterocycles. The Morgan fingerprint density at radius 2 is 2.04 bits per heavy atom. The molecule has 1 aliphatic rings. The molecule has 2 rings (SSSR count). The molecule has 0 amide bonds. The van der Waals surface area contributed by atoms with Crippen molar-refractivity contribution >= 4 is 29.9 Å². The molecule has 0 bridgehead atoms. The van der Waals surface area contributed by atoms with E-state index < -0.39 is 0 Å². The lowest BCUT2D eigenvalue weighted by Gasteiger charge is -2.22. The summed E-state index contributed by atoms with van der Waals surface area (Å²) in [6.45, 7) is 18.1. The van der Waals surface area contributed by atoms with Crippen LogP contribution in [0, 0.1) is 11.8 Å². The van der Waals surface area contributed by atoms with E-state index in [0.29, 0.717) is 30.5 Å². The van der Waals surface area contributed by atoms with Crippen LogP contribution in [-0.4, -0.2) is 52.1 Å². The molecule has 1 aliphatic heterocycles. The highest BCUT2D eigenvalue weighted by atomic mass is 127. The quantitative estimate of drug-likeness (QED) is 0.361. The lowest BCUT2D eigenvalue weighted by Crippen LogP contribution is -2.46. The standard InChI is InChI=1S/C19H36N6.HI/c1-7-20-19(23-17-13-25(15(4)5)12-16(17)6)22-10-18-21-8-9-24(18)11-14(2)3;/h8-9,14-17H,7,10-13H2,1-6H3,(H2,20,22,23);1H. The number of rotatable bonds is 7. The molecule has 26 heavy (non-hydrogen) atoms. The molecule has 2 unspecified atom stereocenters. The first-order chi connectivity index (χ1) is 11.9. The molecule has 6 nitrogen and oxygen atoms in total. The average molecular weight is 476 g/mol. The first kappa shape index (κ1) is 23.2. The van der Waals surface area contributed by atoms with Gasteiger partial charge in [-0.2, -0.15) is 0 Å². The Labute approximate surface area is 176 Å². The van der Waals surface area contributed by atoms with Gasteiger partial charge in [-0.05, 0) is 32.6 Å². The molecular weight excluding hydrogens is 439 g/mol. The monoisotopic (exact) mass is 476 g/mol. The van der Waals surface area contributed by atoms with Crippen molar-refractivity contribution in [2.45, 2.75) is 66.7 Å². The zero-order valence-corrected chi connectivity index (χ0v) is 19.5. The first-order valence-corrected chi connectivity index (χ1v) is 9.69. The largest absolute Gasteiger partial charge is 0.357 e. The van der Waals surface area contributed by atoms with E-state index in [1.165, 1.54) is 0 Å². The van der Waals surface area contributed by atoms with Crippen molar-refractivity contribution in [1.82, 2.24) is 25.1 Å². The number of aliphatic imine (C=N–C) groups is 1. The number of guanidine groups is 1. The Bertz CT molecular complexity index is 554. The van der Waals surface area contributed by atoms with Crippen LogP contribution in [0.4, 0.5) is 0 Å². The SMILES string of the molecule is CCNC(=NCc1nccn1CC(C)C)NC1CN(C(C)C)CC1C.I. The van der Waals surface area contributed by atoms with E-state index in [-0.39, 0.29) is 24.0 Å². The maximum atomic E-state index is 4.78. The fraction of sp³-hybridized carbons (Fsp3) is 0.789. The van der Waals surface area contributed by atoms with Crippen LogP contribution < -0.4 is 10.6 Å². The van der Waals surface area contributed by atoms with Crippen molar-refractivity contribution in [3.8, 4) is 0 Å². The van der Waals surface area contributed by atoms with E-state index in [1.54, 1.807) is 0 Å². The summed E-state index contributed by atoms with van der Waals surface area (Å²) in [5, 5.41) is 7.01. The Morgan fingerprint density at radius 3 is 2.62 bits per heavy atom. The van der Waals surface area contributed by atoms with Gasteiger partial charge in [-0.3, -0.25) is 4.90 Å². The van der Waals surface area contributed by atoms with Gasteiger partial charge >= 0.3 is 0 Å². The van der Waals surface area contributed by atoms with E-state index in [2.05, 4.69) is 66.6 Å². The maximum absolute atomic E-state index is 4.78. The van der Waals surface area contributed by atoms with Gasteiger partial charge in [-0.25, -0.2) is 9.98 Å². The van der Waals surface area contributed by atoms with E-state index in [1.807, 2.05) is 12.4 Å². The number of hydrogen-bond acceptors (Lipinski definition) is 3. The summed E-state index contributed by atoms with van der Waals surface area (Å²) in [5.41, 5.74) is 0. The zero-order valence-electron chi connectivity index (χ0n) is 17.2. The molecule has 0 spiro atoms. The van der Waals surface area contributed by atoms with Crippen LogP contribution in [0.2, 0.25) is 0 Å². The molecule has 0 saturated carbocycles. The van der Waals surface area contributed by atoms with Crippen molar-refractivity contribution < 1.29 is 0 Å². The number of nitrogens with one attached hydrogen (secondary N) is 2. The van der Waals surface area contributed by atoms with Crippen LogP contribution in [-0.2, 0) is 13.1 Å². The highest BCUT2D eigenvalue weighted by molar-refractivity contribution is 14.0. The minimum Gasteiger partial charge on any atom is -0.357 e. The predicted molar refractivity (Wildman–Crippen MR) is 120 cm³/mol. The van der Waals surface area contributed by atoms with Crippen LogP contribution in [0.3, 0.4) is 0 Å². The Morgan fingerprint density at radius 1 is 1.31 bits per heavy atom. The molecule has 2 atom stereocenters. The molecule has 0 radical (unpaired) electrons. The first-order valence-electron chi connectivity index (χ1n) is 9.69. The van der Waals surface area contributed by atoms with Crippen LogP contribution in [0.1, 0.15) is 47.4 Å². The van der Waals surface area contributed by atoms with E-state index >= 15 is 0 Å². The average Bonchev–Trinajstić information content (AvgIpc) is 3.12. The molecule has 150 valence electrons. The van der Waals surface area contributed by atoms with Crippen LogP contribution in [0.5, 0.6) is 0 Å².